The SMILES string of the molecule is CCCCCC(C)Nc1ccnc2ccccc12. The van der Waals surface area contributed by atoms with Crippen LogP contribution >= 0.6 is 0 Å². The zero-order valence-electron chi connectivity index (χ0n) is 11.3. The lowest BCUT2D eigenvalue weighted by atomic mass is 10.1. The lowest BCUT2D eigenvalue weighted by Gasteiger charge is -2.16. The number of nitrogens with one attached hydrogen (secondary N) is 1. The van der Waals surface area contributed by atoms with Crippen molar-refractivity contribution < 1.29 is 0 Å². The molecule has 2 nitrogen and oxygen atoms in total. The predicted molar refractivity (Wildman–Crippen MR) is 79.0 cm³/mol. The highest BCUT2D eigenvalue weighted by molar-refractivity contribution is 5.90. The lowest BCUT2D eigenvalue weighted by Crippen LogP contribution is -2.15. The Kier molecular flexibility index (Phi) is 4.57. The second kappa shape index (κ2) is 6.39. The van der Waals surface area contributed by atoms with E-state index in [-0.39, 0.29) is 0 Å². The molecule has 1 N–H and O–H groups in total. The molecule has 0 saturated carbocycles. The molecule has 2 aromatic rings. The van der Waals surface area contributed by atoms with E-state index in [4.69, 9.17) is 0 Å². The number of nitrogens with zero attached hydrogens (tertiary/aromatic N) is 1. The summed E-state index contributed by atoms with van der Waals surface area (Å²) in [5.74, 6) is 0. The first kappa shape index (κ1) is 12.9. The Morgan fingerprint density at radius 2 is 2.00 bits per heavy atom. The van der Waals surface area contributed by atoms with Gasteiger partial charge in [-0.15, -0.1) is 0 Å². The number of rotatable bonds is 6. The molecule has 0 bridgehead atoms. The van der Waals surface area contributed by atoms with Gasteiger partial charge in [0.15, 0.2) is 0 Å². The van der Waals surface area contributed by atoms with Gasteiger partial charge in [0.25, 0.3) is 0 Å². The van der Waals surface area contributed by atoms with Crippen LogP contribution in [0, 0.1) is 0 Å². The van der Waals surface area contributed by atoms with Gasteiger partial charge in [0.1, 0.15) is 0 Å². The van der Waals surface area contributed by atoms with Gasteiger partial charge in [0, 0.05) is 23.3 Å². The topological polar surface area (TPSA) is 24.9 Å². The van der Waals surface area contributed by atoms with Crippen molar-refractivity contribution in [2.75, 3.05) is 5.32 Å². The molecule has 1 atom stereocenters. The zero-order chi connectivity index (χ0) is 12.8. The third kappa shape index (κ3) is 3.22. The van der Waals surface area contributed by atoms with Crippen LogP contribution in [0.5, 0.6) is 0 Å². The summed E-state index contributed by atoms with van der Waals surface area (Å²) in [6, 6.07) is 10.9. The molecule has 1 aromatic heterocycles. The third-order valence-electron chi connectivity index (χ3n) is 3.29. The second-order valence-corrected chi connectivity index (χ2v) is 4.92. The highest BCUT2D eigenvalue weighted by Gasteiger charge is 2.05. The normalized spacial score (nSPS) is 12.6. The Balaban J connectivity index is 2.07. The first-order valence-corrected chi connectivity index (χ1v) is 6.91. The van der Waals surface area contributed by atoms with Gasteiger partial charge in [-0.05, 0) is 25.5 Å². The van der Waals surface area contributed by atoms with Gasteiger partial charge in [-0.3, -0.25) is 4.98 Å². The summed E-state index contributed by atoms with van der Waals surface area (Å²) in [5, 5.41) is 4.81. The maximum atomic E-state index is 4.38. The van der Waals surface area contributed by atoms with Crippen molar-refractivity contribution in [3.05, 3.63) is 36.5 Å². The van der Waals surface area contributed by atoms with Crippen LogP contribution in [0.2, 0.25) is 0 Å². The fourth-order valence-corrected chi connectivity index (χ4v) is 2.26. The van der Waals surface area contributed by atoms with Crippen molar-refractivity contribution in [2.24, 2.45) is 0 Å². The van der Waals surface area contributed by atoms with Crippen LogP contribution in [-0.2, 0) is 0 Å². The summed E-state index contributed by atoms with van der Waals surface area (Å²) in [6.07, 6.45) is 7.01. The van der Waals surface area contributed by atoms with Gasteiger partial charge in [-0.1, -0.05) is 44.4 Å². The van der Waals surface area contributed by atoms with Crippen molar-refractivity contribution in [1.29, 1.82) is 0 Å². The van der Waals surface area contributed by atoms with Crippen LogP contribution in [0.25, 0.3) is 10.9 Å². The summed E-state index contributed by atoms with van der Waals surface area (Å²) in [4.78, 5) is 4.38. The molecular weight excluding hydrogens is 220 g/mol. The van der Waals surface area contributed by atoms with E-state index >= 15 is 0 Å². The van der Waals surface area contributed by atoms with Crippen molar-refractivity contribution in [1.82, 2.24) is 4.98 Å². The van der Waals surface area contributed by atoms with Gasteiger partial charge >= 0.3 is 0 Å². The Morgan fingerprint density at radius 3 is 2.83 bits per heavy atom. The van der Waals surface area contributed by atoms with E-state index in [0.717, 1.165) is 5.52 Å². The van der Waals surface area contributed by atoms with Crippen molar-refractivity contribution in [2.45, 2.75) is 45.6 Å². The number of pyridine rings is 1. The largest absolute Gasteiger partial charge is 0.382 e. The molecule has 0 aliphatic carbocycles. The van der Waals surface area contributed by atoms with E-state index in [0.29, 0.717) is 6.04 Å². The quantitative estimate of drug-likeness (QED) is 0.748. The Morgan fingerprint density at radius 1 is 1.17 bits per heavy atom. The van der Waals surface area contributed by atoms with Crippen LogP contribution in [-0.4, -0.2) is 11.0 Å². The van der Waals surface area contributed by atoms with Gasteiger partial charge < -0.3 is 5.32 Å². The monoisotopic (exact) mass is 242 g/mol. The second-order valence-electron chi connectivity index (χ2n) is 4.92. The third-order valence-corrected chi connectivity index (χ3v) is 3.29. The average Bonchev–Trinajstić information content (AvgIpc) is 2.39. The molecular formula is C16H22N2. The van der Waals surface area contributed by atoms with Crippen LogP contribution in [0.3, 0.4) is 0 Å². The highest BCUT2D eigenvalue weighted by atomic mass is 14.9. The van der Waals surface area contributed by atoms with Crippen LogP contribution < -0.4 is 5.32 Å². The van der Waals surface area contributed by atoms with Gasteiger partial charge in [-0.2, -0.15) is 0 Å². The van der Waals surface area contributed by atoms with Crippen LogP contribution in [0.15, 0.2) is 36.5 Å². The minimum absolute atomic E-state index is 0.516. The van der Waals surface area contributed by atoms with Crippen LogP contribution in [0.4, 0.5) is 5.69 Å². The Labute approximate surface area is 109 Å². The zero-order valence-corrected chi connectivity index (χ0v) is 11.3. The van der Waals surface area contributed by atoms with Crippen LogP contribution in [0.1, 0.15) is 39.5 Å². The summed E-state index contributed by atoms with van der Waals surface area (Å²) in [5.41, 5.74) is 2.26. The Bertz CT molecular complexity index is 488. The van der Waals surface area contributed by atoms with E-state index in [1.165, 1.54) is 36.8 Å². The molecule has 18 heavy (non-hydrogen) atoms. The number of para-hydroxylation sites is 1. The smallest absolute Gasteiger partial charge is 0.0722 e. The van der Waals surface area contributed by atoms with E-state index in [9.17, 15) is 0 Å². The molecule has 0 spiro atoms. The molecule has 0 radical (unpaired) electrons. The molecule has 0 amide bonds. The fourth-order valence-electron chi connectivity index (χ4n) is 2.26. The van der Waals surface area contributed by atoms with Gasteiger partial charge in [-0.25, -0.2) is 0 Å². The molecule has 0 fully saturated rings. The highest BCUT2D eigenvalue weighted by Crippen LogP contribution is 2.22. The molecule has 96 valence electrons. The van der Waals surface area contributed by atoms with E-state index in [2.05, 4.69) is 48.4 Å². The van der Waals surface area contributed by atoms with E-state index in [1.807, 2.05) is 12.3 Å². The maximum Gasteiger partial charge on any atom is 0.0722 e. The van der Waals surface area contributed by atoms with Crippen molar-refractivity contribution >= 4 is 16.6 Å². The molecule has 2 heteroatoms. The number of benzene rings is 1. The van der Waals surface area contributed by atoms with E-state index in [1.54, 1.807) is 0 Å². The summed E-state index contributed by atoms with van der Waals surface area (Å²) in [7, 11) is 0. The predicted octanol–water partition coefficient (Wildman–Crippen LogP) is 4.62. The molecule has 0 aliphatic rings. The van der Waals surface area contributed by atoms with Crippen molar-refractivity contribution in [3.8, 4) is 0 Å². The molecule has 2 rings (SSSR count). The summed E-state index contributed by atoms with van der Waals surface area (Å²) < 4.78 is 0. The number of aromatic nitrogens is 1. The van der Waals surface area contributed by atoms with Crippen molar-refractivity contribution in [3.63, 3.8) is 0 Å². The van der Waals surface area contributed by atoms with Gasteiger partial charge in [0.2, 0.25) is 0 Å². The number of hydrogen-bond acceptors (Lipinski definition) is 2. The summed E-state index contributed by atoms with van der Waals surface area (Å²) >= 11 is 0. The maximum absolute atomic E-state index is 4.38. The molecule has 1 aromatic carbocycles. The minimum Gasteiger partial charge on any atom is -0.382 e. The minimum atomic E-state index is 0.516. The first-order chi connectivity index (χ1) is 8.81. The molecule has 0 aliphatic heterocycles. The molecule has 1 heterocycles. The lowest BCUT2D eigenvalue weighted by molar-refractivity contribution is 0.615. The number of hydrogen-bond donors (Lipinski definition) is 1. The first-order valence-electron chi connectivity index (χ1n) is 6.91. The average molecular weight is 242 g/mol. The molecule has 1 unspecified atom stereocenters. The van der Waals surface area contributed by atoms with E-state index < -0.39 is 0 Å². The number of fused-ring (bicyclic) bond motifs is 1. The Hall–Kier alpha value is -1.57. The van der Waals surface area contributed by atoms with Gasteiger partial charge in [0.05, 0.1) is 5.52 Å². The number of unbranched alkanes of at least 4 members (excludes halogenated alkanes) is 2. The standard InChI is InChI=1S/C16H22N2/c1-3-4-5-8-13(2)18-16-11-12-17-15-10-7-6-9-14(15)16/h6-7,9-13H,3-5,8H2,1-2H3,(H,17,18). The molecule has 0 saturated heterocycles. The number of anilines is 1. The fraction of sp³-hybridized carbons (Fsp3) is 0.438. The summed E-state index contributed by atoms with van der Waals surface area (Å²) in [6.45, 7) is 4.50.